The molecule has 0 aliphatic rings. The average Bonchev–Trinajstić information content (AvgIpc) is 2.24. The molecule has 0 radical (unpaired) electrons. The second-order valence-corrected chi connectivity index (χ2v) is 5.25. The Hall–Kier alpha value is -0.117. The average molecular weight is 491 g/mol. The third-order valence-corrected chi connectivity index (χ3v) is 3.13. The first-order valence-corrected chi connectivity index (χ1v) is 5.87. The minimum Gasteiger partial charge on any atom is -0.281 e. The van der Waals surface area contributed by atoms with Crippen molar-refractivity contribution in [3.8, 4) is 0 Å². The van der Waals surface area contributed by atoms with Crippen molar-refractivity contribution < 1.29 is 96.2 Å². The standard InChI is InChI=1S/C6HF13O3S.Zr/c7-1(8,3(11,12)5(15,16)17)2(9,10)4(13,14)6(18,19)23(20,21)22;/h(H,20,21,22);. The van der Waals surface area contributed by atoms with Crippen molar-refractivity contribution in [1.82, 2.24) is 0 Å². The molecule has 0 saturated heterocycles. The van der Waals surface area contributed by atoms with E-state index < -0.39 is 45.2 Å². The number of hydrogen-bond acceptors (Lipinski definition) is 2. The van der Waals surface area contributed by atoms with Gasteiger partial charge in [-0.3, -0.25) is 4.55 Å². The molecule has 18 heteroatoms. The number of rotatable bonds is 5. The summed E-state index contributed by atoms with van der Waals surface area (Å²) in [5.41, 5.74) is 0. The van der Waals surface area contributed by atoms with Gasteiger partial charge in [0.25, 0.3) is 0 Å². The summed E-state index contributed by atoms with van der Waals surface area (Å²) in [7, 11) is -7.61. The second-order valence-electron chi connectivity index (χ2n) is 3.79. The maximum atomic E-state index is 12.7. The minimum atomic E-state index is -8.25. The monoisotopic (exact) mass is 490 g/mol. The fourth-order valence-corrected chi connectivity index (χ4v) is 1.37. The van der Waals surface area contributed by atoms with Crippen molar-refractivity contribution >= 4 is 10.1 Å². The molecule has 144 valence electrons. The number of alkyl halides is 13. The fourth-order valence-electron chi connectivity index (χ4n) is 0.917. The molecule has 0 aromatic heterocycles. The molecule has 0 heterocycles. The van der Waals surface area contributed by atoms with E-state index in [2.05, 4.69) is 0 Å². The quantitative estimate of drug-likeness (QED) is 0.473. The second kappa shape index (κ2) is 6.25. The van der Waals surface area contributed by atoms with Crippen LogP contribution in [0.4, 0.5) is 57.1 Å². The van der Waals surface area contributed by atoms with Gasteiger partial charge in [0.1, 0.15) is 0 Å². The van der Waals surface area contributed by atoms with Crippen LogP contribution in [0.1, 0.15) is 0 Å². The molecule has 0 unspecified atom stereocenters. The van der Waals surface area contributed by atoms with Gasteiger partial charge in [0.05, 0.1) is 0 Å². The molecule has 0 aliphatic heterocycles. The number of hydrogen-bond donors (Lipinski definition) is 1. The Morgan fingerprint density at radius 1 is 0.542 bits per heavy atom. The third-order valence-electron chi connectivity index (χ3n) is 2.23. The van der Waals surface area contributed by atoms with Gasteiger partial charge in [-0.05, 0) is 0 Å². The van der Waals surface area contributed by atoms with Crippen LogP contribution in [0.25, 0.3) is 0 Å². The summed E-state index contributed by atoms with van der Waals surface area (Å²) < 4.78 is 188. The number of halogens is 13. The zero-order chi connectivity index (χ0) is 19.5. The van der Waals surface area contributed by atoms with Crippen LogP contribution < -0.4 is 0 Å². The largest absolute Gasteiger partial charge is 0.460 e. The molecule has 0 bridgehead atoms. The van der Waals surface area contributed by atoms with Gasteiger partial charge in [-0.1, -0.05) is 0 Å². The predicted octanol–water partition coefficient (Wildman–Crippen LogP) is 3.57. The van der Waals surface area contributed by atoms with Crippen molar-refractivity contribution in [3.63, 3.8) is 0 Å². The Morgan fingerprint density at radius 3 is 1.00 bits per heavy atom. The summed E-state index contributed by atoms with van der Waals surface area (Å²) in [4.78, 5) is 0. The van der Waals surface area contributed by atoms with E-state index in [4.69, 9.17) is 4.55 Å². The van der Waals surface area contributed by atoms with Crippen LogP contribution in [-0.4, -0.2) is 48.1 Å². The Bertz CT molecular complexity index is 565. The van der Waals surface area contributed by atoms with Crippen LogP contribution in [0, 0.1) is 0 Å². The first-order valence-electron chi connectivity index (χ1n) is 4.43. The van der Waals surface area contributed by atoms with E-state index in [1.54, 1.807) is 0 Å². The molecule has 0 amide bonds. The summed E-state index contributed by atoms with van der Waals surface area (Å²) in [5.74, 6) is -32.5. The van der Waals surface area contributed by atoms with Crippen molar-refractivity contribution in [1.29, 1.82) is 0 Å². The molecule has 0 spiro atoms. The van der Waals surface area contributed by atoms with E-state index in [9.17, 15) is 65.5 Å². The Labute approximate surface area is 142 Å². The van der Waals surface area contributed by atoms with E-state index in [1.165, 1.54) is 0 Å². The zero-order valence-electron chi connectivity index (χ0n) is 10.1. The van der Waals surface area contributed by atoms with Crippen LogP contribution in [0.15, 0.2) is 0 Å². The van der Waals surface area contributed by atoms with Crippen LogP contribution in [0.2, 0.25) is 0 Å². The van der Waals surface area contributed by atoms with Gasteiger partial charge >= 0.3 is 45.2 Å². The Morgan fingerprint density at radius 2 is 0.792 bits per heavy atom. The molecule has 0 rings (SSSR count). The predicted molar refractivity (Wildman–Crippen MR) is 42.3 cm³/mol. The van der Waals surface area contributed by atoms with Crippen molar-refractivity contribution in [3.05, 3.63) is 0 Å². The molecular formula is C6HF13O3SZr. The van der Waals surface area contributed by atoms with Gasteiger partial charge in [-0.2, -0.15) is 65.5 Å². The summed E-state index contributed by atoms with van der Waals surface area (Å²) in [6.45, 7) is 0. The van der Waals surface area contributed by atoms with E-state index in [1.807, 2.05) is 0 Å². The van der Waals surface area contributed by atoms with Crippen LogP contribution >= 0.6 is 0 Å². The molecule has 0 aliphatic carbocycles. The molecular weight excluding hydrogens is 490 g/mol. The summed E-state index contributed by atoms with van der Waals surface area (Å²) >= 11 is 0. The third kappa shape index (κ3) is 3.29. The maximum Gasteiger partial charge on any atom is 0.460 e. The van der Waals surface area contributed by atoms with Gasteiger partial charge in [0.2, 0.25) is 0 Å². The first kappa shape index (κ1) is 26.1. The van der Waals surface area contributed by atoms with Crippen molar-refractivity contribution in [2.24, 2.45) is 0 Å². The molecule has 0 saturated carbocycles. The molecule has 0 atom stereocenters. The maximum absolute atomic E-state index is 12.7. The van der Waals surface area contributed by atoms with Gasteiger partial charge in [-0.25, -0.2) is 0 Å². The molecule has 0 fully saturated rings. The van der Waals surface area contributed by atoms with Crippen LogP contribution in [0.5, 0.6) is 0 Å². The first-order chi connectivity index (χ1) is 9.50. The van der Waals surface area contributed by atoms with E-state index in [0.29, 0.717) is 0 Å². The Kier molecular flexibility index (Phi) is 6.80. The van der Waals surface area contributed by atoms with Crippen molar-refractivity contribution in [2.75, 3.05) is 0 Å². The van der Waals surface area contributed by atoms with Crippen molar-refractivity contribution in [2.45, 2.75) is 35.1 Å². The van der Waals surface area contributed by atoms with E-state index >= 15 is 0 Å². The Balaban J connectivity index is 0. The summed E-state index contributed by atoms with van der Waals surface area (Å²) in [6.07, 6.45) is -7.59. The van der Waals surface area contributed by atoms with Crippen LogP contribution in [0.3, 0.4) is 0 Å². The van der Waals surface area contributed by atoms with Crippen LogP contribution in [-0.2, 0) is 36.3 Å². The van der Waals surface area contributed by atoms with Gasteiger partial charge in [0.15, 0.2) is 0 Å². The van der Waals surface area contributed by atoms with Gasteiger partial charge in [-0.15, -0.1) is 0 Å². The molecule has 1 N–H and O–H groups in total. The SMILES string of the molecule is O=S(=O)(O)C(F)(F)C(F)(F)C(F)(F)C(F)(F)C(F)(F)C(F)(F)F.[Zr]. The smallest absolute Gasteiger partial charge is 0.281 e. The van der Waals surface area contributed by atoms with E-state index in [0.717, 1.165) is 0 Å². The zero-order valence-corrected chi connectivity index (χ0v) is 13.4. The summed E-state index contributed by atoms with van der Waals surface area (Å²) in [5, 5.41) is -7.52. The van der Waals surface area contributed by atoms with E-state index in [-0.39, 0.29) is 26.2 Å². The van der Waals surface area contributed by atoms with Gasteiger partial charge in [0, 0.05) is 26.2 Å². The summed E-state index contributed by atoms with van der Waals surface area (Å²) in [6, 6.07) is 0. The van der Waals surface area contributed by atoms with Gasteiger partial charge < -0.3 is 0 Å². The normalized spacial score (nSPS) is 15.9. The molecule has 24 heavy (non-hydrogen) atoms. The minimum absolute atomic E-state index is 0. The fraction of sp³-hybridized carbons (Fsp3) is 1.00. The molecule has 0 aromatic carbocycles. The topological polar surface area (TPSA) is 54.4 Å². The molecule has 3 nitrogen and oxygen atoms in total. The molecule has 0 aromatic rings.